The molecule has 0 rings (SSSR count). The van der Waals surface area contributed by atoms with Crippen LogP contribution in [0, 0.1) is 0 Å². The first kappa shape index (κ1) is 42.7. The van der Waals surface area contributed by atoms with Crippen LogP contribution < -0.4 is 29.4 Å². The summed E-state index contributed by atoms with van der Waals surface area (Å²) < 4.78 is 17.1. The maximum absolute atomic E-state index is 8.55. The molecule has 0 spiro atoms. The van der Waals surface area contributed by atoms with Gasteiger partial charge in [0.1, 0.15) is 0 Å². The van der Waals surface area contributed by atoms with E-state index >= 15 is 0 Å². The predicted molar refractivity (Wildman–Crippen MR) is 40.2 cm³/mol. The number of rotatable bonds is 0. The first-order valence-corrected chi connectivity index (χ1v) is 4.38. The first-order chi connectivity index (χ1) is 4.00. The summed E-state index contributed by atoms with van der Waals surface area (Å²) >= 11 is 0. The van der Waals surface area contributed by atoms with Gasteiger partial charge in [-0.15, -0.1) is 0 Å². The van der Waals surface area contributed by atoms with E-state index < -0.39 is 15.6 Å². The second-order valence-electron chi connectivity index (χ2n) is 0.894. The van der Waals surface area contributed by atoms with Crippen LogP contribution >= 0.6 is 15.6 Å². The summed E-state index contributed by atoms with van der Waals surface area (Å²) in [6, 6.07) is 0. The second-order valence-corrected chi connectivity index (χ2v) is 2.68. The zero-order valence-electron chi connectivity index (χ0n) is 7.44. The van der Waals surface area contributed by atoms with Crippen LogP contribution in [0.15, 0.2) is 0 Å². The van der Waals surface area contributed by atoms with Crippen LogP contribution in [0.25, 0.3) is 0 Å². The maximum Gasteiger partial charge on any atom is 2.00 e. The molecule has 15 heteroatoms. The van der Waals surface area contributed by atoms with Crippen LogP contribution in [-0.2, 0) is 9.13 Å². The molecule has 0 aromatic carbocycles. The van der Waals surface area contributed by atoms with Gasteiger partial charge in [-0.1, -0.05) is 0 Å². The van der Waals surface area contributed by atoms with Crippen LogP contribution in [-0.4, -0.2) is 156 Å². The van der Waals surface area contributed by atoms with Gasteiger partial charge in [-0.2, -0.15) is 15.6 Å². The molecule has 0 amide bonds. The molecule has 0 saturated carbocycles. The van der Waals surface area contributed by atoms with Crippen molar-refractivity contribution in [1.29, 1.82) is 0 Å². The van der Waals surface area contributed by atoms with Gasteiger partial charge in [0, 0.05) is 0 Å². The average Bonchev–Trinajstić information content (AvgIpc) is 1.12. The Bertz CT molecular complexity index is 132. The molecule has 0 unspecified atom stereocenters. The van der Waals surface area contributed by atoms with Crippen molar-refractivity contribution in [3.63, 3.8) is 0 Å². The molecule has 0 aliphatic heterocycles. The van der Waals surface area contributed by atoms with E-state index in [0.29, 0.717) is 0 Å². The predicted octanol–water partition coefficient (Wildman–Crippen LogP) is -7.35. The minimum absolute atomic E-state index is 0. The molecule has 1 N–H and O–H groups in total. The van der Waals surface area contributed by atoms with Crippen molar-refractivity contribution < 1.29 is 44.0 Å². The van der Waals surface area contributed by atoms with E-state index in [1.165, 1.54) is 0 Å². The summed E-state index contributed by atoms with van der Waals surface area (Å²) in [7, 11) is -10.8. The topological polar surface area (TPSA) is 202 Å². The summed E-state index contributed by atoms with van der Waals surface area (Å²) in [6.07, 6.45) is 0. The van der Waals surface area contributed by atoms with Crippen LogP contribution in [0.5, 0.6) is 0 Å². The van der Waals surface area contributed by atoms with Gasteiger partial charge in [0.25, 0.3) is 0 Å². The Morgan fingerprint density at radius 3 is 0.533 bits per heavy atom. The largest absolute Gasteiger partial charge is 2.00 e. The SMILES string of the molecule is O=P([O-])([O-])[O-].O=P([O-])([O-])[O-].[Ca+2].[Ca+2].[Ca+2].[Ca+2].[OH-]. The monoisotopic (exact) mass is 367 g/mol. The molecule has 0 aliphatic rings. The number of hydrogen-bond acceptors (Lipinski definition) is 9. The molecule has 0 saturated heterocycles. The van der Waals surface area contributed by atoms with Crippen molar-refractivity contribution in [2.24, 2.45) is 0 Å². The molecule has 72 valence electrons. The van der Waals surface area contributed by atoms with Crippen LogP contribution in [0.4, 0.5) is 0 Å². The standard InChI is InChI=1S/4Ca.2H3O4P.H2O/c;;;;2*1-5(2,3)4;/h;;;;2*(H3,1,2,3,4);1H2/q4*+2;;;/p-7. The Kier molecular flexibility index (Phi) is 61.3. The van der Waals surface area contributed by atoms with Gasteiger partial charge < -0.3 is 44.0 Å². The van der Waals surface area contributed by atoms with Crippen molar-refractivity contribution in [2.45, 2.75) is 0 Å². The molecule has 0 aliphatic carbocycles. The Labute approximate surface area is 205 Å². The molecule has 0 radical (unpaired) electrons. The second kappa shape index (κ2) is 21.5. The van der Waals surface area contributed by atoms with Gasteiger partial charge in [0.15, 0.2) is 0 Å². The molecule has 9 nitrogen and oxygen atoms in total. The zero-order valence-corrected chi connectivity index (χ0v) is 18.1. The third-order valence-corrected chi connectivity index (χ3v) is 0. The summed E-state index contributed by atoms with van der Waals surface area (Å²) in [5.74, 6) is 0. The van der Waals surface area contributed by atoms with Crippen molar-refractivity contribution in [1.82, 2.24) is 0 Å². The van der Waals surface area contributed by atoms with Gasteiger partial charge in [0.05, 0.1) is 0 Å². The molecule has 0 fully saturated rings. The van der Waals surface area contributed by atoms with E-state index in [-0.39, 0.29) is 156 Å². The summed E-state index contributed by atoms with van der Waals surface area (Å²) in [5, 5.41) is 0. The van der Waals surface area contributed by atoms with Gasteiger partial charge >= 0.3 is 151 Å². The molecule has 0 aromatic heterocycles. The fraction of sp³-hybridized carbons (Fsp3) is 0. The Morgan fingerprint density at radius 2 is 0.533 bits per heavy atom. The van der Waals surface area contributed by atoms with E-state index in [9.17, 15) is 0 Å². The van der Waals surface area contributed by atoms with Crippen LogP contribution in [0.1, 0.15) is 0 Å². The van der Waals surface area contributed by atoms with E-state index in [0.717, 1.165) is 0 Å². The summed E-state index contributed by atoms with van der Waals surface area (Å²) in [5.41, 5.74) is 0. The van der Waals surface area contributed by atoms with Gasteiger partial charge in [-0.05, 0) is 0 Å². The molecule has 0 heterocycles. The Morgan fingerprint density at radius 1 is 0.533 bits per heavy atom. The number of hydrogen-bond donors (Lipinski definition) is 0. The number of phosphoric acid groups is 2. The fourth-order valence-electron chi connectivity index (χ4n) is 0. The normalized spacial score (nSPS) is 7.87. The molecule has 0 bridgehead atoms. The van der Waals surface area contributed by atoms with Crippen LogP contribution in [0.2, 0.25) is 0 Å². The zero-order chi connectivity index (χ0) is 9.00. The van der Waals surface area contributed by atoms with E-state index in [1.807, 2.05) is 0 Å². The van der Waals surface area contributed by atoms with Crippen molar-refractivity contribution in [2.75, 3.05) is 0 Å². The quantitative estimate of drug-likeness (QED) is 0.294. The van der Waals surface area contributed by atoms with Gasteiger partial charge in [-0.3, -0.25) is 0 Å². The maximum atomic E-state index is 8.55. The minimum atomic E-state index is -5.39. The van der Waals surface area contributed by atoms with E-state index in [1.54, 1.807) is 0 Å². The Balaban J connectivity index is -0.0000000128. The molecule has 15 heavy (non-hydrogen) atoms. The van der Waals surface area contributed by atoms with E-state index in [2.05, 4.69) is 0 Å². The molecular formula is HCa4O9P2+. The van der Waals surface area contributed by atoms with Gasteiger partial charge in [0.2, 0.25) is 0 Å². The van der Waals surface area contributed by atoms with Crippen LogP contribution in [0.3, 0.4) is 0 Å². The fourth-order valence-corrected chi connectivity index (χ4v) is 0. The summed E-state index contributed by atoms with van der Waals surface area (Å²) in [4.78, 5) is 51.3. The smallest absolute Gasteiger partial charge is 0.870 e. The third kappa shape index (κ3) is 209. The third-order valence-electron chi connectivity index (χ3n) is 0. The average molecular weight is 367 g/mol. The van der Waals surface area contributed by atoms with E-state index in [4.69, 9.17) is 38.5 Å². The van der Waals surface area contributed by atoms with Crippen molar-refractivity contribution >= 4 is 167 Å². The van der Waals surface area contributed by atoms with Crippen molar-refractivity contribution in [3.05, 3.63) is 0 Å². The minimum Gasteiger partial charge on any atom is -0.870 e. The van der Waals surface area contributed by atoms with Crippen molar-refractivity contribution in [3.8, 4) is 0 Å². The summed E-state index contributed by atoms with van der Waals surface area (Å²) in [6.45, 7) is 0. The molecule has 0 atom stereocenters. The molecular weight excluding hydrogens is 366 g/mol. The molecule has 0 aromatic rings. The Hall–Kier alpha value is 5.22. The first-order valence-electron chi connectivity index (χ1n) is 1.46. The van der Waals surface area contributed by atoms with Gasteiger partial charge in [-0.25, -0.2) is 0 Å².